The van der Waals surface area contributed by atoms with E-state index in [0.717, 1.165) is 43.3 Å². The highest BCUT2D eigenvalue weighted by molar-refractivity contribution is 5.90. The van der Waals surface area contributed by atoms with Gasteiger partial charge in [0.2, 0.25) is 5.91 Å². The molecule has 2 aromatic carbocycles. The van der Waals surface area contributed by atoms with Crippen molar-refractivity contribution in [2.24, 2.45) is 4.99 Å². The molecule has 0 aliphatic carbocycles. The fraction of sp³-hybridized carbons (Fsp3) is 0.320. The number of carbonyl (C=O) groups excluding carboxylic acids is 1. The van der Waals surface area contributed by atoms with Gasteiger partial charge in [0.05, 0.1) is 6.54 Å². The highest BCUT2D eigenvalue weighted by Gasteiger charge is 2.25. The Balaban J connectivity index is 1.38. The lowest BCUT2D eigenvalue weighted by Crippen LogP contribution is -2.40. The number of aromatic nitrogens is 2. The number of rotatable bonds is 7. The van der Waals surface area contributed by atoms with Gasteiger partial charge in [-0.25, -0.2) is 4.99 Å². The molecule has 0 saturated carbocycles. The van der Waals surface area contributed by atoms with E-state index in [4.69, 9.17) is 4.99 Å². The lowest BCUT2D eigenvalue weighted by atomic mass is 9.99. The predicted molar refractivity (Wildman–Crippen MR) is 127 cm³/mol. The molecular weight excluding hydrogens is 400 g/mol. The van der Waals surface area contributed by atoms with E-state index in [1.54, 1.807) is 23.1 Å². The van der Waals surface area contributed by atoms with Crippen molar-refractivity contribution in [3.63, 3.8) is 0 Å². The molecule has 1 unspecified atom stereocenters. The minimum atomic E-state index is -0.105. The quantitative estimate of drug-likeness (QED) is 0.445. The van der Waals surface area contributed by atoms with Crippen molar-refractivity contribution in [2.45, 2.75) is 32.4 Å². The third-order valence-corrected chi connectivity index (χ3v) is 5.58. The van der Waals surface area contributed by atoms with Gasteiger partial charge in [-0.3, -0.25) is 9.48 Å². The van der Waals surface area contributed by atoms with Crippen LogP contribution in [-0.4, -0.2) is 46.2 Å². The Labute approximate surface area is 189 Å². The molecular formula is C25H30N6O. The fourth-order valence-corrected chi connectivity index (χ4v) is 4.03. The Morgan fingerprint density at radius 2 is 2.03 bits per heavy atom. The van der Waals surface area contributed by atoms with Gasteiger partial charge in [0, 0.05) is 43.6 Å². The maximum atomic E-state index is 12.2. The standard InChI is InChI=1S/C25H30N6O/c1-2-26-25(30-15-12-22(18-30)21-9-4-3-5-10-21)27-17-20-8-6-11-23(16-20)29-24(32)19-31-14-7-13-28-31/h3-11,13-14,16,22H,2,12,15,17-19H2,1H3,(H,26,27)(H,29,32). The average Bonchev–Trinajstić information content (AvgIpc) is 3.50. The Morgan fingerprint density at radius 1 is 1.16 bits per heavy atom. The van der Waals surface area contributed by atoms with Crippen molar-refractivity contribution in [1.29, 1.82) is 0 Å². The molecule has 3 aromatic rings. The molecule has 1 aliphatic rings. The second kappa shape index (κ2) is 10.6. The number of nitrogens with one attached hydrogen (secondary N) is 2. The number of nitrogens with zero attached hydrogens (tertiary/aromatic N) is 4. The largest absolute Gasteiger partial charge is 0.357 e. The molecule has 1 aliphatic heterocycles. The number of benzene rings is 2. The number of guanidine groups is 1. The molecule has 0 bridgehead atoms. The van der Waals surface area contributed by atoms with E-state index in [2.05, 4.69) is 57.9 Å². The van der Waals surface area contributed by atoms with Crippen LogP contribution in [0.4, 0.5) is 5.69 Å². The molecule has 32 heavy (non-hydrogen) atoms. The molecule has 1 fully saturated rings. The van der Waals surface area contributed by atoms with Gasteiger partial charge in [-0.05, 0) is 42.7 Å². The van der Waals surface area contributed by atoms with Gasteiger partial charge < -0.3 is 15.5 Å². The summed E-state index contributed by atoms with van der Waals surface area (Å²) in [4.78, 5) is 19.5. The van der Waals surface area contributed by atoms with Crippen LogP contribution in [0.2, 0.25) is 0 Å². The molecule has 0 radical (unpaired) electrons. The molecule has 7 heteroatoms. The maximum Gasteiger partial charge on any atom is 0.246 e. The van der Waals surface area contributed by atoms with Crippen molar-refractivity contribution in [1.82, 2.24) is 20.0 Å². The van der Waals surface area contributed by atoms with Crippen LogP contribution in [0, 0.1) is 0 Å². The van der Waals surface area contributed by atoms with Crippen molar-refractivity contribution in [2.75, 3.05) is 25.0 Å². The van der Waals surface area contributed by atoms with Crippen LogP contribution in [0.1, 0.15) is 30.4 Å². The van der Waals surface area contributed by atoms with E-state index in [-0.39, 0.29) is 12.5 Å². The second-order valence-corrected chi connectivity index (χ2v) is 7.96. The van der Waals surface area contributed by atoms with Gasteiger partial charge in [0.25, 0.3) is 0 Å². The zero-order chi connectivity index (χ0) is 22.2. The number of likely N-dealkylation sites (tertiary alicyclic amines) is 1. The summed E-state index contributed by atoms with van der Waals surface area (Å²) in [5.74, 6) is 1.37. The van der Waals surface area contributed by atoms with Crippen LogP contribution in [-0.2, 0) is 17.9 Å². The molecule has 0 spiro atoms. The summed E-state index contributed by atoms with van der Waals surface area (Å²) in [6, 6.07) is 20.4. The van der Waals surface area contributed by atoms with Crippen LogP contribution in [0.15, 0.2) is 78.0 Å². The van der Waals surface area contributed by atoms with E-state index in [1.165, 1.54) is 5.56 Å². The first-order valence-corrected chi connectivity index (χ1v) is 11.2. The van der Waals surface area contributed by atoms with E-state index < -0.39 is 0 Å². The van der Waals surface area contributed by atoms with E-state index in [9.17, 15) is 4.79 Å². The van der Waals surface area contributed by atoms with Crippen molar-refractivity contribution in [3.8, 4) is 0 Å². The average molecular weight is 431 g/mol. The van der Waals surface area contributed by atoms with Crippen LogP contribution in [0.3, 0.4) is 0 Å². The zero-order valence-electron chi connectivity index (χ0n) is 18.4. The minimum absolute atomic E-state index is 0.105. The Morgan fingerprint density at radius 3 is 2.81 bits per heavy atom. The monoisotopic (exact) mass is 430 g/mol. The second-order valence-electron chi connectivity index (χ2n) is 7.96. The summed E-state index contributed by atoms with van der Waals surface area (Å²) in [6.07, 6.45) is 4.57. The van der Waals surface area contributed by atoms with Crippen molar-refractivity contribution < 1.29 is 4.79 Å². The Bertz CT molecular complexity index is 1030. The summed E-state index contributed by atoms with van der Waals surface area (Å²) in [5, 5.41) is 10.4. The summed E-state index contributed by atoms with van der Waals surface area (Å²) >= 11 is 0. The number of hydrogen-bond acceptors (Lipinski definition) is 3. The van der Waals surface area contributed by atoms with Crippen LogP contribution in [0.5, 0.6) is 0 Å². The van der Waals surface area contributed by atoms with E-state index in [1.807, 2.05) is 24.3 Å². The molecule has 7 nitrogen and oxygen atoms in total. The lowest BCUT2D eigenvalue weighted by Gasteiger charge is -2.22. The van der Waals surface area contributed by atoms with Gasteiger partial charge in [-0.15, -0.1) is 0 Å². The predicted octanol–water partition coefficient (Wildman–Crippen LogP) is 3.48. The van der Waals surface area contributed by atoms with Gasteiger partial charge in [0.15, 0.2) is 5.96 Å². The number of carbonyl (C=O) groups is 1. The molecule has 1 aromatic heterocycles. The summed E-state index contributed by atoms with van der Waals surface area (Å²) < 4.78 is 1.60. The molecule has 1 saturated heterocycles. The normalized spacial score (nSPS) is 16.2. The van der Waals surface area contributed by atoms with E-state index in [0.29, 0.717) is 12.5 Å². The third-order valence-electron chi connectivity index (χ3n) is 5.58. The van der Waals surface area contributed by atoms with Crippen LogP contribution in [0.25, 0.3) is 0 Å². The van der Waals surface area contributed by atoms with Crippen LogP contribution >= 0.6 is 0 Å². The number of anilines is 1. The summed E-state index contributed by atoms with van der Waals surface area (Å²) in [5.41, 5.74) is 3.21. The number of amides is 1. The minimum Gasteiger partial charge on any atom is -0.357 e. The third kappa shape index (κ3) is 5.75. The van der Waals surface area contributed by atoms with Gasteiger partial charge in [-0.2, -0.15) is 5.10 Å². The SMILES string of the molecule is CCNC(=NCc1cccc(NC(=O)Cn2cccn2)c1)N1CCC(c2ccccc2)C1. The van der Waals surface area contributed by atoms with Crippen LogP contribution < -0.4 is 10.6 Å². The Hall–Kier alpha value is -3.61. The molecule has 1 amide bonds. The van der Waals surface area contributed by atoms with Gasteiger partial charge in [-0.1, -0.05) is 42.5 Å². The molecule has 4 rings (SSSR count). The summed E-state index contributed by atoms with van der Waals surface area (Å²) in [6.45, 7) is 5.63. The first kappa shape index (κ1) is 21.6. The lowest BCUT2D eigenvalue weighted by molar-refractivity contribution is -0.116. The molecule has 2 heterocycles. The molecule has 166 valence electrons. The molecule has 1 atom stereocenters. The fourth-order valence-electron chi connectivity index (χ4n) is 4.03. The highest BCUT2D eigenvalue weighted by Crippen LogP contribution is 2.27. The van der Waals surface area contributed by atoms with Crippen molar-refractivity contribution >= 4 is 17.6 Å². The topological polar surface area (TPSA) is 74.5 Å². The summed E-state index contributed by atoms with van der Waals surface area (Å²) in [7, 11) is 0. The number of hydrogen-bond donors (Lipinski definition) is 2. The van der Waals surface area contributed by atoms with Gasteiger partial charge in [0.1, 0.15) is 6.54 Å². The van der Waals surface area contributed by atoms with E-state index >= 15 is 0 Å². The highest BCUT2D eigenvalue weighted by atomic mass is 16.2. The maximum absolute atomic E-state index is 12.2. The smallest absolute Gasteiger partial charge is 0.246 e. The van der Waals surface area contributed by atoms with Gasteiger partial charge >= 0.3 is 0 Å². The van der Waals surface area contributed by atoms with Crippen molar-refractivity contribution in [3.05, 3.63) is 84.2 Å². The zero-order valence-corrected chi connectivity index (χ0v) is 18.4. The number of aliphatic imine (C=N–C) groups is 1. The Kier molecular flexibility index (Phi) is 7.17. The first-order chi connectivity index (χ1) is 15.7. The first-order valence-electron chi connectivity index (χ1n) is 11.2. The molecule has 2 N–H and O–H groups in total.